The predicted octanol–water partition coefficient (Wildman–Crippen LogP) is 2.00. The van der Waals surface area contributed by atoms with Crippen molar-refractivity contribution in [3.8, 4) is 0 Å². The molecule has 0 atom stereocenters. The fourth-order valence-electron chi connectivity index (χ4n) is 1.34. The first kappa shape index (κ1) is 11.1. The lowest BCUT2D eigenvalue weighted by atomic mass is 10.1. The minimum Gasteiger partial charge on any atom is -0.477 e. The second-order valence-electron chi connectivity index (χ2n) is 3.40. The van der Waals surface area contributed by atoms with Gasteiger partial charge in [-0.3, -0.25) is 0 Å². The maximum atomic E-state index is 11.1. The number of aryl methyl sites for hydroxylation is 1. The highest BCUT2D eigenvalue weighted by atomic mass is 16.4. The maximum Gasteiger partial charge on any atom is 0.341 e. The molecule has 0 saturated heterocycles. The normalized spacial score (nSPS) is 11.5. The molecule has 0 saturated carbocycles. The van der Waals surface area contributed by atoms with Gasteiger partial charge >= 0.3 is 5.97 Å². The number of hydrogen-bond acceptors (Lipinski definition) is 4. The molecule has 0 amide bonds. The molecule has 1 aromatic heterocycles. The number of benzene rings is 1. The summed E-state index contributed by atoms with van der Waals surface area (Å²) < 4.78 is 5.11. The third kappa shape index (κ3) is 2.57. The van der Waals surface area contributed by atoms with Crippen molar-refractivity contribution in [1.82, 2.24) is 10.2 Å². The van der Waals surface area contributed by atoms with Gasteiger partial charge in [-0.25, -0.2) is 4.79 Å². The lowest BCUT2D eigenvalue weighted by molar-refractivity contribution is -0.130. The molecule has 1 N–H and O–H groups in total. The minimum atomic E-state index is -1.10. The number of aromatic nitrogens is 2. The van der Waals surface area contributed by atoms with Gasteiger partial charge in [0.25, 0.3) is 5.89 Å². The SMILES string of the molecule is Cc1nnc(/C(=C/c2ccccc2)C(=O)O)o1. The number of carboxylic acid groups (broad SMARTS) is 1. The molecule has 2 aromatic rings. The van der Waals surface area contributed by atoms with Crippen LogP contribution in [0.25, 0.3) is 11.6 Å². The fourth-order valence-corrected chi connectivity index (χ4v) is 1.34. The van der Waals surface area contributed by atoms with E-state index in [0.717, 1.165) is 5.56 Å². The fraction of sp³-hybridized carbons (Fsp3) is 0.0833. The number of hydrogen-bond donors (Lipinski definition) is 1. The first-order valence-electron chi connectivity index (χ1n) is 4.97. The van der Waals surface area contributed by atoms with Crippen LogP contribution in [0.3, 0.4) is 0 Å². The first-order valence-corrected chi connectivity index (χ1v) is 4.97. The number of carboxylic acids is 1. The summed E-state index contributed by atoms with van der Waals surface area (Å²) in [6.07, 6.45) is 1.50. The molecular formula is C12H10N2O3. The molecule has 0 aliphatic rings. The second-order valence-corrected chi connectivity index (χ2v) is 3.40. The van der Waals surface area contributed by atoms with E-state index in [1.54, 1.807) is 19.1 Å². The lowest BCUT2D eigenvalue weighted by Gasteiger charge is -1.96. The maximum absolute atomic E-state index is 11.1. The van der Waals surface area contributed by atoms with Gasteiger partial charge < -0.3 is 9.52 Å². The van der Waals surface area contributed by atoms with Gasteiger partial charge in [0.15, 0.2) is 0 Å². The molecular weight excluding hydrogens is 220 g/mol. The van der Waals surface area contributed by atoms with Gasteiger partial charge in [-0.2, -0.15) is 0 Å². The Hall–Kier alpha value is -2.43. The van der Waals surface area contributed by atoms with Gasteiger partial charge in [0.05, 0.1) is 0 Å². The molecule has 0 unspecified atom stereocenters. The van der Waals surface area contributed by atoms with Crippen molar-refractivity contribution in [1.29, 1.82) is 0 Å². The minimum absolute atomic E-state index is 0.0128. The van der Waals surface area contributed by atoms with E-state index in [-0.39, 0.29) is 11.5 Å². The Morgan fingerprint density at radius 1 is 1.29 bits per heavy atom. The van der Waals surface area contributed by atoms with Crippen LogP contribution in [0.2, 0.25) is 0 Å². The van der Waals surface area contributed by atoms with Crippen LogP contribution in [0, 0.1) is 6.92 Å². The van der Waals surface area contributed by atoms with Gasteiger partial charge in [0.1, 0.15) is 5.57 Å². The van der Waals surface area contributed by atoms with Crippen LogP contribution in [0.15, 0.2) is 34.7 Å². The summed E-state index contributed by atoms with van der Waals surface area (Å²) in [7, 11) is 0. The van der Waals surface area contributed by atoms with E-state index >= 15 is 0 Å². The number of carbonyl (C=O) groups is 1. The van der Waals surface area contributed by atoms with E-state index < -0.39 is 5.97 Å². The smallest absolute Gasteiger partial charge is 0.341 e. The molecule has 1 heterocycles. The van der Waals surface area contributed by atoms with Crippen molar-refractivity contribution in [2.24, 2.45) is 0 Å². The average molecular weight is 230 g/mol. The summed E-state index contributed by atoms with van der Waals surface area (Å²) in [5.74, 6) is -0.753. The monoisotopic (exact) mass is 230 g/mol. The van der Waals surface area contributed by atoms with Crippen molar-refractivity contribution < 1.29 is 14.3 Å². The molecule has 17 heavy (non-hydrogen) atoms. The topological polar surface area (TPSA) is 76.2 Å². The molecule has 0 aliphatic carbocycles. The first-order chi connectivity index (χ1) is 8.16. The number of nitrogens with zero attached hydrogens (tertiary/aromatic N) is 2. The third-order valence-electron chi connectivity index (χ3n) is 2.10. The van der Waals surface area contributed by atoms with Gasteiger partial charge in [-0.15, -0.1) is 10.2 Å². The summed E-state index contributed by atoms with van der Waals surface area (Å²) in [5.41, 5.74) is 0.748. The Balaban J connectivity index is 2.43. The highest BCUT2D eigenvalue weighted by Crippen LogP contribution is 2.17. The summed E-state index contributed by atoms with van der Waals surface area (Å²) in [6.45, 7) is 1.61. The van der Waals surface area contributed by atoms with E-state index in [1.807, 2.05) is 18.2 Å². The average Bonchev–Trinajstić information content (AvgIpc) is 2.73. The lowest BCUT2D eigenvalue weighted by Crippen LogP contribution is -2.00. The zero-order valence-electron chi connectivity index (χ0n) is 9.12. The van der Waals surface area contributed by atoms with Gasteiger partial charge in [0, 0.05) is 6.92 Å². The predicted molar refractivity (Wildman–Crippen MR) is 61.0 cm³/mol. The molecule has 0 spiro atoms. The van der Waals surface area contributed by atoms with Crippen molar-refractivity contribution in [3.05, 3.63) is 47.7 Å². The van der Waals surface area contributed by atoms with Crippen LogP contribution in [0.1, 0.15) is 17.3 Å². The molecule has 5 heteroatoms. The van der Waals surface area contributed by atoms with Crippen molar-refractivity contribution in [2.75, 3.05) is 0 Å². The molecule has 86 valence electrons. The van der Waals surface area contributed by atoms with Gasteiger partial charge in [0.2, 0.25) is 5.89 Å². The van der Waals surface area contributed by atoms with Gasteiger partial charge in [-0.05, 0) is 11.6 Å². The van der Waals surface area contributed by atoms with Crippen molar-refractivity contribution >= 4 is 17.6 Å². The Labute approximate surface area is 97.4 Å². The highest BCUT2D eigenvalue weighted by molar-refractivity contribution is 6.19. The van der Waals surface area contributed by atoms with E-state index in [9.17, 15) is 4.79 Å². The summed E-state index contributed by atoms with van der Waals surface area (Å²) >= 11 is 0. The largest absolute Gasteiger partial charge is 0.477 e. The third-order valence-corrected chi connectivity index (χ3v) is 2.10. The van der Waals surface area contributed by atoms with Crippen molar-refractivity contribution in [2.45, 2.75) is 6.92 Å². The van der Waals surface area contributed by atoms with E-state index in [2.05, 4.69) is 10.2 Å². The van der Waals surface area contributed by atoms with E-state index in [1.165, 1.54) is 6.08 Å². The summed E-state index contributed by atoms with van der Waals surface area (Å²) in [5, 5.41) is 16.4. The molecule has 1 aromatic carbocycles. The molecule has 2 rings (SSSR count). The zero-order valence-corrected chi connectivity index (χ0v) is 9.12. The Morgan fingerprint density at radius 3 is 2.53 bits per heavy atom. The molecule has 0 radical (unpaired) electrons. The number of aliphatic carboxylic acids is 1. The molecule has 5 nitrogen and oxygen atoms in total. The zero-order chi connectivity index (χ0) is 12.3. The number of rotatable bonds is 3. The van der Waals surface area contributed by atoms with Crippen LogP contribution in [0.4, 0.5) is 0 Å². The Bertz CT molecular complexity index is 558. The standard InChI is InChI=1S/C12H10N2O3/c1-8-13-14-11(17-8)10(12(15)16)7-9-5-3-2-4-6-9/h2-7H,1H3,(H,15,16)/b10-7-. The quantitative estimate of drug-likeness (QED) is 0.816. The Morgan fingerprint density at radius 2 is 2.00 bits per heavy atom. The van der Waals surface area contributed by atoms with Gasteiger partial charge in [-0.1, -0.05) is 30.3 Å². The van der Waals surface area contributed by atoms with E-state index in [4.69, 9.17) is 9.52 Å². The molecule has 0 fully saturated rings. The van der Waals surface area contributed by atoms with Crippen LogP contribution < -0.4 is 0 Å². The molecule has 0 aliphatic heterocycles. The van der Waals surface area contributed by atoms with E-state index in [0.29, 0.717) is 5.89 Å². The highest BCUT2D eigenvalue weighted by Gasteiger charge is 2.16. The summed E-state index contributed by atoms with van der Waals surface area (Å²) in [6, 6.07) is 9.10. The van der Waals surface area contributed by atoms with Crippen molar-refractivity contribution in [3.63, 3.8) is 0 Å². The van der Waals surface area contributed by atoms with Crippen LogP contribution in [-0.2, 0) is 4.79 Å². The van der Waals surface area contributed by atoms with Crippen LogP contribution >= 0.6 is 0 Å². The summed E-state index contributed by atoms with van der Waals surface area (Å²) in [4.78, 5) is 11.1. The van der Waals surface area contributed by atoms with Crippen LogP contribution in [0.5, 0.6) is 0 Å². The Kier molecular flexibility index (Phi) is 3.00. The van der Waals surface area contributed by atoms with Crippen LogP contribution in [-0.4, -0.2) is 21.3 Å². The molecule has 0 bridgehead atoms. The second kappa shape index (κ2) is 4.61.